The van der Waals surface area contributed by atoms with E-state index in [-0.39, 0.29) is 5.52 Å². The molecule has 0 spiro atoms. The van der Waals surface area contributed by atoms with E-state index in [9.17, 15) is 17.6 Å². The van der Waals surface area contributed by atoms with Gasteiger partial charge in [-0.05, 0) is 43.3 Å². The summed E-state index contributed by atoms with van der Waals surface area (Å²) in [5.41, 5.74) is 0.438. The maximum Gasteiger partial charge on any atom is 0.416 e. The Morgan fingerprint density at radius 2 is 1.47 bits per heavy atom. The smallest absolute Gasteiger partial charge is 0.339 e. The topological polar surface area (TPSA) is 83.3 Å². The van der Waals surface area contributed by atoms with E-state index in [1.54, 1.807) is 26.0 Å². The van der Waals surface area contributed by atoms with Crippen molar-refractivity contribution in [1.29, 1.82) is 0 Å². The van der Waals surface area contributed by atoms with Gasteiger partial charge in [0.1, 0.15) is 17.2 Å². The lowest BCUT2D eigenvalue weighted by Crippen LogP contribution is -2.31. The van der Waals surface area contributed by atoms with Crippen LogP contribution < -0.4 is 5.32 Å². The standard InChI is InChI=1S/C19H13F4N5.C5H12O3.C2H6/c1-11-25-15-4-2-3-14(20)18(15)28(11)17-10-24-9-16(27-17)26-13-7-5-12(6-8-13)19(21,22)23;1-5(6-2,7-3)8-4;1-2/h2-10H,1H3,(H,26,27);1-4H3;1-2H3. The van der Waals surface area contributed by atoms with Gasteiger partial charge >= 0.3 is 6.18 Å². The number of fused-ring (bicyclic) bond motifs is 1. The molecule has 0 radical (unpaired) electrons. The number of hydrogen-bond donors (Lipinski definition) is 1. The molecule has 2 heterocycles. The van der Waals surface area contributed by atoms with Crippen LogP contribution in [0.2, 0.25) is 0 Å². The summed E-state index contributed by atoms with van der Waals surface area (Å²) < 4.78 is 68.2. The molecule has 4 aromatic rings. The zero-order chi connectivity index (χ0) is 28.5. The molecule has 8 nitrogen and oxygen atoms in total. The molecule has 0 saturated carbocycles. The van der Waals surface area contributed by atoms with Crippen molar-refractivity contribution in [2.45, 2.75) is 39.8 Å². The van der Waals surface area contributed by atoms with Crippen LogP contribution >= 0.6 is 0 Å². The van der Waals surface area contributed by atoms with E-state index in [1.807, 2.05) is 13.8 Å². The van der Waals surface area contributed by atoms with Gasteiger partial charge in [-0.2, -0.15) is 13.2 Å². The van der Waals surface area contributed by atoms with Gasteiger partial charge in [0.15, 0.2) is 11.6 Å². The highest BCUT2D eigenvalue weighted by atomic mass is 19.4. The number of anilines is 2. The molecule has 38 heavy (non-hydrogen) atoms. The van der Waals surface area contributed by atoms with Crippen molar-refractivity contribution >= 4 is 22.5 Å². The predicted octanol–water partition coefficient (Wildman–Crippen LogP) is 6.65. The zero-order valence-corrected chi connectivity index (χ0v) is 22.2. The Balaban J connectivity index is 0.000000437. The van der Waals surface area contributed by atoms with Crippen LogP contribution in [0.5, 0.6) is 0 Å². The Kier molecular flexibility index (Phi) is 10.7. The number of benzene rings is 2. The van der Waals surface area contributed by atoms with Gasteiger partial charge in [0.2, 0.25) is 0 Å². The summed E-state index contributed by atoms with van der Waals surface area (Å²) in [6.07, 6.45) is -1.52. The fourth-order valence-corrected chi connectivity index (χ4v) is 3.15. The summed E-state index contributed by atoms with van der Waals surface area (Å²) >= 11 is 0. The predicted molar refractivity (Wildman–Crippen MR) is 137 cm³/mol. The van der Waals surface area contributed by atoms with E-state index in [2.05, 4.69) is 20.3 Å². The number of aryl methyl sites for hydroxylation is 1. The van der Waals surface area contributed by atoms with Crippen LogP contribution in [-0.2, 0) is 20.4 Å². The molecule has 0 bridgehead atoms. The molecule has 0 fully saturated rings. The van der Waals surface area contributed by atoms with E-state index in [1.165, 1.54) is 56.5 Å². The third-order valence-corrected chi connectivity index (χ3v) is 5.24. The molecule has 2 aromatic carbocycles. The molecule has 0 aliphatic rings. The van der Waals surface area contributed by atoms with Crippen LogP contribution in [0.1, 0.15) is 32.2 Å². The SMILES string of the molecule is CC.COC(C)(OC)OC.Cc1nc2cccc(F)c2n1-c1cncc(Nc2ccc(C(F)(F)F)cc2)n1. The van der Waals surface area contributed by atoms with Gasteiger partial charge in [-0.25, -0.2) is 14.4 Å². The Bertz CT molecular complexity index is 1300. The second kappa shape index (κ2) is 13.3. The number of halogens is 4. The van der Waals surface area contributed by atoms with Crippen molar-refractivity contribution in [3.8, 4) is 5.82 Å². The Morgan fingerprint density at radius 1 is 0.868 bits per heavy atom. The lowest BCUT2D eigenvalue weighted by atomic mass is 10.2. The van der Waals surface area contributed by atoms with Crippen molar-refractivity contribution in [2.24, 2.45) is 0 Å². The van der Waals surface area contributed by atoms with Crippen LogP contribution in [0, 0.1) is 12.7 Å². The highest BCUT2D eigenvalue weighted by molar-refractivity contribution is 5.78. The zero-order valence-electron chi connectivity index (χ0n) is 22.2. The minimum atomic E-state index is -4.40. The van der Waals surface area contributed by atoms with Crippen LogP contribution in [0.3, 0.4) is 0 Å². The fraction of sp³-hybridized carbons (Fsp3) is 0.346. The largest absolute Gasteiger partial charge is 0.416 e. The van der Waals surface area contributed by atoms with Crippen LogP contribution in [0.25, 0.3) is 16.9 Å². The highest BCUT2D eigenvalue weighted by Crippen LogP contribution is 2.30. The first-order valence-electron chi connectivity index (χ1n) is 11.6. The first-order valence-corrected chi connectivity index (χ1v) is 11.6. The first kappa shape index (κ1) is 30.6. The van der Waals surface area contributed by atoms with E-state index < -0.39 is 23.5 Å². The summed E-state index contributed by atoms with van der Waals surface area (Å²) in [6.45, 7) is 7.41. The molecule has 0 amide bonds. The normalized spacial score (nSPS) is 11.3. The molecular formula is C26H31F4N5O3. The Labute approximate surface area is 218 Å². The lowest BCUT2D eigenvalue weighted by molar-refractivity contribution is -0.340. The van der Waals surface area contributed by atoms with Crippen molar-refractivity contribution in [2.75, 3.05) is 26.6 Å². The molecule has 2 aromatic heterocycles. The number of nitrogens with one attached hydrogen (secondary N) is 1. The molecule has 206 valence electrons. The number of rotatable bonds is 6. The van der Waals surface area contributed by atoms with Crippen molar-refractivity contribution in [3.05, 3.63) is 72.1 Å². The Hall–Kier alpha value is -3.61. The van der Waals surface area contributed by atoms with Gasteiger partial charge in [-0.1, -0.05) is 19.9 Å². The summed E-state index contributed by atoms with van der Waals surface area (Å²) in [4.78, 5) is 12.8. The number of methoxy groups -OCH3 is 3. The average Bonchev–Trinajstić information content (AvgIpc) is 3.27. The van der Waals surface area contributed by atoms with E-state index in [4.69, 9.17) is 14.2 Å². The second-order valence-corrected chi connectivity index (χ2v) is 7.54. The number of ether oxygens (including phenoxy) is 3. The number of alkyl halides is 3. The van der Waals surface area contributed by atoms with Crippen LogP contribution in [0.15, 0.2) is 54.9 Å². The summed E-state index contributed by atoms with van der Waals surface area (Å²) in [7, 11) is 4.56. The van der Waals surface area contributed by atoms with Gasteiger partial charge in [0, 0.05) is 33.9 Å². The number of aromatic nitrogens is 4. The molecule has 0 aliphatic heterocycles. The molecule has 0 aliphatic carbocycles. The second-order valence-electron chi connectivity index (χ2n) is 7.54. The van der Waals surface area contributed by atoms with E-state index in [0.29, 0.717) is 28.7 Å². The Morgan fingerprint density at radius 3 is 2.00 bits per heavy atom. The minimum absolute atomic E-state index is 0.279. The molecule has 0 saturated heterocycles. The maximum atomic E-state index is 14.3. The van der Waals surface area contributed by atoms with Gasteiger partial charge < -0.3 is 19.5 Å². The molecule has 1 N–H and O–H groups in total. The minimum Gasteiger partial charge on any atom is -0.339 e. The van der Waals surface area contributed by atoms with Gasteiger partial charge in [0.25, 0.3) is 5.97 Å². The number of imidazole rings is 1. The molecule has 0 unspecified atom stereocenters. The fourth-order valence-electron chi connectivity index (χ4n) is 3.15. The number of nitrogens with zero attached hydrogens (tertiary/aromatic N) is 4. The molecule has 12 heteroatoms. The number of hydrogen-bond acceptors (Lipinski definition) is 7. The third kappa shape index (κ3) is 7.46. The summed E-state index contributed by atoms with van der Waals surface area (Å²) in [6, 6.07) is 9.15. The van der Waals surface area contributed by atoms with Gasteiger partial charge in [-0.15, -0.1) is 0 Å². The van der Waals surface area contributed by atoms with Crippen molar-refractivity contribution < 1.29 is 31.8 Å². The molecule has 0 atom stereocenters. The first-order chi connectivity index (χ1) is 18.0. The highest BCUT2D eigenvalue weighted by Gasteiger charge is 2.30. The lowest BCUT2D eigenvalue weighted by Gasteiger charge is -2.23. The number of para-hydroxylation sites is 1. The third-order valence-electron chi connectivity index (χ3n) is 5.24. The molecule has 4 rings (SSSR count). The van der Waals surface area contributed by atoms with Crippen LogP contribution in [0.4, 0.5) is 29.1 Å². The quantitative estimate of drug-likeness (QED) is 0.218. The summed E-state index contributed by atoms with van der Waals surface area (Å²) in [5, 5.41) is 2.90. The molecular weight excluding hydrogens is 506 g/mol. The van der Waals surface area contributed by atoms with E-state index in [0.717, 1.165) is 12.1 Å². The summed E-state index contributed by atoms with van der Waals surface area (Å²) in [5.74, 6) is -0.154. The average molecular weight is 538 g/mol. The van der Waals surface area contributed by atoms with Crippen molar-refractivity contribution in [1.82, 2.24) is 19.5 Å². The van der Waals surface area contributed by atoms with E-state index >= 15 is 0 Å². The van der Waals surface area contributed by atoms with Gasteiger partial charge in [-0.3, -0.25) is 9.55 Å². The maximum absolute atomic E-state index is 14.3. The van der Waals surface area contributed by atoms with Gasteiger partial charge in [0.05, 0.1) is 23.5 Å². The van der Waals surface area contributed by atoms with Crippen molar-refractivity contribution in [3.63, 3.8) is 0 Å². The monoisotopic (exact) mass is 537 g/mol. The van der Waals surface area contributed by atoms with Crippen LogP contribution in [-0.4, -0.2) is 46.8 Å².